The van der Waals surface area contributed by atoms with Crippen molar-refractivity contribution in [1.29, 1.82) is 10.5 Å². The Morgan fingerprint density at radius 2 is 2.08 bits per heavy atom. The van der Waals surface area contributed by atoms with Crippen LogP contribution in [0.4, 0.5) is 0 Å². The van der Waals surface area contributed by atoms with Crippen molar-refractivity contribution < 1.29 is 4.79 Å². The molecule has 0 aromatic carbocycles. The molecule has 3 heteroatoms. The van der Waals surface area contributed by atoms with Crippen LogP contribution in [-0.2, 0) is 4.79 Å². The molecule has 3 nitrogen and oxygen atoms in total. The van der Waals surface area contributed by atoms with Crippen LogP contribution in [0.25, 0.3) is 0 Å². The lowest BCUT2D eigenvalue weighted by molar-refractivity contribution is -0.139. The van der Waals surface area contributed by atoms with Crippen molar-refractivity contribution in [3.8, 4) is 12.1 Å². The molecular formula is C10H10N2O. The predicted octanol–water partition coefficient (Wildman–Crippen LogP) is 1.58. The van der Waals surface area contributed by atoms with E-state index in [0.29, 0.717) is 6.42 Å². The summed E-state index contributed by atoms with van der Waals surface area (Å²) in [5.74, 6) is 0.248. The predicted molar refractivity (Wildman–Crippen MR) is 46.2 cm³/mol. The molecule has 0 aromatic heterocycles. The van der Waals surface area contributed by atoms with Gasteiger partial charge >= 0.3 is 0 Å². The number of carbonyl (C=O) groups excluding carboxylic acids is 1. The highest BCUT2D eigenvalue weighted by Crippen LogP contribution is 2.43. The van der Waals surface area contributed by atoms with E-state index in [1.54, 1.807) is 18.2 Å². The van der Waals surface area contributed by atoms with E-state index in [-0.39, 0.29) is 22.7 Å². The third-order valence-electron chi connectivity index (χ3n) is 2.66. The molecule has 13 heavy (non-hydrogen) atoms. The van der Waals surface area contributed by atoms with Crippen molar-refractivity contribution in [2.45, 2.75) is 20.3 Å². The number of Topliss-reactive ketones (excluding diaryl/α,β-unsaturated/α-hetero) is 1. The molecule has 0 saturated heterocycles. The minimum absolute atomic E-state index is 0.0503. The van der Waals surface area contributed by atoms with Crippen LogP contribution < -0.4 is 0 Å². The van der Waals surface area contributed by atoms with Crippen molar-refractivity contribution in [2.75, 3.05) is 0 Å². The minimum atomic E-state index is -0.390. The van der Waals surface area contributed by atoms with E-state index < -0.39 is 0 Å². The summed E-state index contributed by atoms with van der Waals surface area (Å²) in [6, 6.07) is 3.58. The lowest BCUT2D eigenvalue weighted by atomic mass is 9.61. The van der Waals surface area contributed by atoms with Crippen LogP contribution >= 0.6 is 0 Å². The summed E-state index contributed by atoms with van der Waals surface area (Å²) in [7, 11) is 0. The summed E-state index contributed by atoms with van der Waals surface area (Å²) in [5, 5.41) is 17.0. The van der Waals surface area contributed by atoms with Crippen molar-refractivity contribution in [1.82, 2.24) is 0 Å². The van der Waals surface area contributed by atoms with Gasteiger partial charge in [-0.2, -0.15) is 10.5 Å². The first kappa shape index (κ1) is 9.48. The fraction of sp³-hybridized carbons (Fsp3) is 0.500. The van der Waals surface area contributed by atoms with Crippen LogP contribution in [0.1, 0.15) is 20.3 Å². The monoisotopic (exact) mass is 174 g/mol. The standard InChI is InChI=1S/C10H10N2O/c1-10(2)8(4-9(10)13)3-7(5-11)6-12/h3,8H,4H2,1-2H3. The minimum Gasteiger partial charge on any atom is -0.299 e. The number of nitriles is 2. The Morgan fingerprint density at radius 1 is 1.54 bits per heavy atom. The molecular weight excluding hydrogens is 164 g/mol. The summed E-state index contributed by atoms with van der Waals surface area (Å²) in [4.78, 5) is 11.1. The fourth-order valence-electron chi connectivity index (χ4n) is 1.36. The lowest BCUT2D eigenvalue weighted by Crippen LogP contribution is -2.44. The van der Waals surface area contributed by atoms with E-state index >= 15 is 0 Å². The van der Waals surface area contributed by atoms with Crippen LogP contribution in [0.3, 0.4) is 0 Å². The van der Waals surface area contributed by atoms with Gasteiger partial charge in [-0.05, 0) is 5.92 Å². The number of nitrogens with zero attached hydrogens (tertiary/aromatic N) is 2. The number of carbonyl (C=O) groups is 1. The highest BCUT2D eigenvalue weighted by Gasteiger charge is 2.45. The second kappa shape index (κ2) is 3.03. The molecule has 66 valence electrons. The van der Waals surface area contributed by atoms with E-state index in [9.17, 15) is 4.79 Å². The maximum absolute atomic E-state index is 11.1. The van der Waals surface area contributed by atoms with E-state index in [4.69, 9.17) is 10.5 Å². The number of hydrogen-bond donors (Lipinski definition) is 0. The van der Waals surface area contributed by atoms with E-state index in [2.05, 4.69) is 0 Å². The highest BCUT2D eigenvalue weighted by atomic mass is 16.1. The Hall–Kier alpha value is -1.61. The summed E-state index contributed by atoms with van der Waals surface area (Å²) in [5.41, 5.74) is -0.288. The van der Waals surface area contributed by atoms with Gasteiger partial charge < -0.3 is 0 Å². The molecule has 1 rings (SSSR count). The van der Waals surface area contributed by atoms with Gasteiger partial charge in [-0.25, -0.2) is 0 Å². The second-order valence-corrected chi connectivity index (χ2v) is 3.76. The third kappa shape index (κ3) is 1.46. The zero-order valence-electron chi connectivity index (χ0n) is 7.66. The molecule has 0 aliphatic heterocycles. The quantitative estimate of drug-likeness (QED) is 0.567. The van der Waals surface area contributed by atoms with Gasteiger partial charge in [0.1, 0.15) is 23.5 Å². The average molecular weight is 174 g/mol. The van der Waals surface area contributed by atoms with Gasteiger partial charge in [0, 0.05) is 11.8 Å². The molecule has 1 aliphatic carbocycles. The van der Waals surface area contributed by atoms with E-state index in [1.807, 2.05) is 13.8 Å². The summed E-state index contributed by atoms with van der Waals surface area (Å²) < 4.78 is 0. The fourth-order valence-corrected chi connectivity index (χ4v) is 1.36. The molecule has 0 amide bonds. The topological polar surface area (TPSA) is 64.7 Å². The molecule has 0 spiro atoms. The Balaban J connectivity index is 2.81. The van der Waals surface area contributed by atoms with Gasteiger partial charge in [0.05, 0.1) is 0 Å². The number of allylic oxidation sites excluding steroid dienone is 2. The van der Waals surface area contributed by atoms with Crippen molar-refractivity contribution in [3.63, 3.8) is 0 Å². The largest absolute Gasteiger partial charge is 0.299 e. The molecule has 1 fully saturated rings. The smallest absolute Gasteiger partial charge is 0.139 e. The highest BCUT2D eigenvalue weighted by molar-refractivity contribution is 5.91. The maximum atomic E-state index is 11.1. The average Bonchev–Trinajstić information content (AvgIpc) is 2.12. The van der Waals surface area contributed by atoms with Gasteiger partial charge in [-0.15, -0.1) is 0 Å². The normalized spacial score (nSPS) is 23.7. The molecule has 0 heterocycles. The van der Waals surface area contributed by atoms with Crippen LogP contribution in [-0.4, -0.2) is 5.78 Å². The van der Waals surface area contributed by atoms with E-state index in [0.717, 1.165) is 0 Å². The van der Waals surface area contributed by atoms with Crippen LogP contribution in [0.5, 0.6) is 0 Å². The first-order valence-electron chi connectivity index (χ1n) is 4.07. The van der Waals surface area contributed by atoms with Crippen LogP contribution in [0.15, 0.2) is 11.6 Å². The molecule has 1 saturated carbocycles. The Labute approximate surface area is 77.3 Å². The lowest BCUT2D eigenvalue weighted by Gasteiger charge is -2.40. The first-order chi connectivity index (χ1) is 6.02. The summed E-state index contributed by atoms with van der Waals surface area (Å²) in [6.45, 7) is 3.68. The van der Waals surface area contributed by atoms with E-state index in [1.165, 1.54) is 0 Å². The zero-order chi connectivity index (χ0) is 10.1. The maximum Gasteiger partial charge on any atom is 0.139 e. The number of ketones is 1. The Morgan fingerprint density at radius 3 is 2.38 bits per heavy atom. The number of rotatable bonds is 1. The van der Waals surface area contributed by atoms with Crippen molar-refractivity contribution in [3.05, 3.63) is 11.6 Å². The van der Waals surface area contributed by atoms with Gasteiger partial charge in [0.25, 0.3) is 0 Å². The van der Waals surface area contributed by atoms with Crippen LogP contribution in [0.2, 0.25) is 0 Å². The SMILES string of the molecule is CC1(C)C(=O)CC1C=C(C#N)C#N. The first-order valence-corrected chi connectivity index (χ1v) is 4.07. The van der Waals surface area contributed by atoms with Gasteiger partial charge in [0.2, 0.25) is 0 Å². The molecule has 0 N–H and O–H groups in total. The zero-order valence-corrected chi connectivity index (χ0v) is 7.66. The Kier molecular flexibility index (Phi) is 2.21. The number of hydrogen-bond acceptors (Lipinski definition) is 3. The molecule has 0 bridgehead atoms. The Bertz CT molecular complexity index is 336. The molecule has 1 aliphatic rings. The second-order valence-electron chi connectivity index (χ2n) is 3.76. The van der Waals surface area contributed by atoms with Crippen molar-refractivity contribution in [2.24, 2.45) is 11.3 Å². The molecule has 1 atom stereocenters. The molecule has 1 unspecified atom stereocenters. The van der Waals surface area contributed by atoms with Gasteiger partial charge in [-0.3, -0.25) is 4.79 Å². The summed E-state index contributed by atoms with van der Waals surface area (Å²) >= 11 is 0. The molecule has 0 radical (unpaired) electrons. The molecule has 0 aromatic rings. The summed E-state index contributed by atoms with van der Waals surface area (Å²) in [6.07, 6.45) is 2.06. The third-order valence-corrected chi connectivity index (χ3v) is 2.66. The van der Waals surface area contributed by atoms with Gasteiger partial charge in [0.15, 0.2) is 0 Å². The van der Waals surface area contributed by atoms with Gasteiger partial charge in [-0.1, -0.05) is 19.9 Å². The van der Waals surface area contributed by atoms with Crippen molar-refractivity contribution >= 4 is 5.78 Å². The van der Waals surface area contributed by atoms with Crippen LogP contribution in [0, 0.1) is 34.0 Å².